The molecule has 1 rings (SSSR count). The SMILES string of the molecule is CC(CC1CCCCC1)C(=O)C(C)(Br)P(=O)(O)O. The van der Waals surface area contributed by atoms with Gasteiger partial charge in [0, 0.05) is 5.92 Å². The number of hydrogen-bond acceptors (Lipinski definition) is 2. The second-order valence-electron chi connectivity index (χ2n) is 5.50. The third kappa shape index (κ3) is 3.89. The van der Waals surface area contributed by atoms with Crippen LogP contribution in [0.15, 0.2) is 0 Å². The average molecular weight is 341 g/mol. The molecule has 18 heavy (non-hydrogen) atoms. The van der Waals surface area contributed by atoms with Crippen LogP contribution in [0.2, 0.25) is 0 Å². The van der Waals surface area contributed by atoms with Crippen LogP contribution in [0.1, 0.15) is 52.4 Å². The van der Waals surface area contributed by atoms with Gasteiger partial charge in [-0.15, -0.1) is 0 Å². The summed E-state index contributed by atoms with van der Waals surface area (Å²) in [5, 5.41) is 0. The lowest BCUT2D eigenvalue weighted by molar-refractivity contribution is -0.123. The third-order valence-electron chi connectivity index (χ3n) is 3.86. The summed E-state index contributed by atoms with van der Waals surface area (Å²) < 4.78 is 9.58. The van der Waals surface area contributed by atoms with E-state index in [1.807, 2.05) is 0 Å². The molecule has 6 heteroatoms. The molecule has 1 fully saturated rings. The number of Topliss-reactive ketones (excluding diaryl/α,β-unsaturated/α-hetero) is 1. The fourth-order valence-corrected chi connectivity index (χ4v) is 3.52. The van der Waals surface area contributed by atoms with Gasteiger partial charge < -0.3 is 9.79 Å². The van der Waals surface area contributed by atoms with Gasteiger partial charge in [0.15, 0.2) is 9.85 Å². The quantitative estimate of drug-likeness (QED) is 0.593. The summed E-state index contributed by atoms with van der Waals surface area (Å²) in [6, 6.07) is 0. The van der Waals surface area contributed by atoms with E-state index in [2.05, 4.69) is 15.9 Å². The minimum absolute atomic E-state index is 0.315. The van der Waals surface area contributed by atoms with Crippen LogP contribution in [0.4, 0.5) is 0 Å². The van der Waals surface area contributed by atoms with Crippen molar-refractivity contribution in [2.24, 2.45) is 11.8 Å². The smallest absolute Gasteiger partial charge is 0.323 e. The highest BCUT2D eigenvalue weighted by molar-refractivity contribution is 9.11. The molecule has 0 bridgehead atoms. The van der Waals surface area contributed by atoms with E-state index < -0.39 is 11.7 Å². The van der Waals surface area contributed by atoms with Crippen molar-refractivity contribution in [3.8, 4) is 0 Å². The first-order chi connectivity index (χ1) is 8.16. The van der Waals surface area contributed by atoms with Crippen LogP contribution >= 0.6 is 23.5 Å². The molecule has 2 atom stereocenters. The van der Waals surface area contributed by atoms with E-state index in [0.717, 1.165) is 19.3 Å². The van der Waals surface area contributed by atoms with E-state index in [4.69, 9.17) is 0 Å². The largest absolute Gasteiger partial charge is 0.349 e. The Morgan fingerprint density at radius 2 is 1.89 bits per heavy atom. The standard InChI is InChI=1S/C12H22BrO4P/c1-9(8-10-6-4-3-5-7-10)11(14)12(2,13)18(15,16)17/h9-10H,3-8H2,1-2H3,(H2,15,16,17). The van der Waals surface area contributed by atoms with Crippen molar-refractivity contribution in [2.75, 3.05) is 0 Å². The fourth-order valence-electron chi connectivity index (χ4n) is 2.62. The number of carbonyl (C=O) groups is 1. The molecule has 4 nitrogen and oxygen atoms in total. The molecule has 2 unspecified atom stereocenters. The minimum Gasteiger partial charge on any atom is -0.323 e. The Morgan fingerprint density at radius 3 is 2.33 bits per heavy atom. The average Bonchev–Trinajstić information content (AvgIpc) is 2.27. The highest BCUT2D eigenvalue weighted by Crippen LogP contribution is 2.56. The number of alkyl halides is 1. The van der Waals surface area contributed by atoms with Gasteiger partial charge in [0.1, 0.15) is 0 Å². The van der Waals surface area contributed by atoms with Crippen molar-refractivity contribution < 1.29 is 19.1 Å². The Morgan fingerprint density at radius 1 is 1.39 bits per heavy atom. The lowest BCUT2D eigenvalue weighted by Gasteiger charge is -2.29. The maximum Gasteiger partial charge on any atom is 0.349 e. The van der Waals surface area contributed by atoms with Crippen molar-refractivity contribution in [3.63, 3.8) is 0 Å². The molecule has 1 aliphatic carbocycles. The summed E-state index contributed by atoms with van der Waals surface area (Å²) in [5.41, 5.74) is 0. The number of halogens is 1. The zero-order valence-electron chi connectivity index (χ0n) is 10.9. The van der Waals surface area contributed by atoms with E-state index in [0.29, 0.717) is 5.92 Å². The van der Waals surface area contributed by atoms with E-state index in [1.165, 1.54) is 26.2 Å². The topological polar surface area (TPSA) is 74.6 Å². The van der Waals surface area contributed by atoms with E-state index in [-0.39, 0.29) is 11.7 Å². The zero-order chi connectivity index (χ0) is 14.0. The first kappa shape index (κ1) is 16.4. The predicted octanol–water partition coefficient (Wildman–Crippen LogP) is 3.45. The van der Waals surface area contributed by atoms with E-state index >= 15 is 0 Å². The van der Waals surface area contributed by atoms with Gasteiger partial charge in [0.05, 0.1) is 0 Å². The first-order valence-corrected chi connectivity index (χ1v) is 8.85. The fraction of sp³-hybridized carbons (Fsp3) is 0.917. The Labute approximate surface area is 117 Å². The molecule has 1 saturated carbocycles. The van der Waals surface area contributed by atoms with Gasteiger partial charge in [-0.2, -0.15) is 0 Å². The Balaban J connectivity index is 2.63. The van der Waals surface area contributed by atoms with Crippen molar-refractivity contribution in [2.45, 2.75) is 56.4 Å². The molecular formula is C12H22BrO4P. The molecule has 0 spiro atoms. The lowest BCUT2D eigenvalue weighted by Crippen LogP contribution is -2.34. The molecular weight excluding hydrogens is 319 g/mol. The number of ketones is 1. The second kappa shape index (κ2) is 6.17. The Hall–Kier alpha value is 0.300. The van der Waals surface area contributed by atoms with Crippen molar-refractivity contribution in [1.82, 2.24) is 0 Å². The summed E-state index contributed by atoms with van der Waals surface area (Å²) >= 11 is 2.92. The van der Waals surface area contributed by atoms with Gasteiger partial charge in [0.25, 0.3) is 0 Å². The van der Waals surface area contributed by atoms with Crippen LogP contribution in [0, 0.1) is 11.8 Å². The maximum atomic E-state index is 12.1. The van der Waals surface area contributed by atoms with Crippen LogP contribution in [-0.2, 0) is 9.36 Å². The first-order valence-electron chi connectivity index (χ1n) is 6.45. The lowest BCUT2D eigenvalue weighted by atomic mass is 9.82. The second-order valence-corrected chi connectivity index (χ2v) is 9.68. The summed E-state index contributed by atoms with van der Waals surface area (Å²) in [5.74, 6) is -0.177. The molecule has 0 aromatic rings. The van der Waals surface area contributed by atoms with Crippen LogP contribution < -0.4 is 0 Å². The molecule has 0 saturated heterocycles. The monoisotopic (exact) mass is 340 g/mol. The van der Waals surface area contributed by atoms with Crippen molar-refractivity contribution >= 4 is 29.3 Å². The molecule has 0 aliphatic heterocycles. The number of rotatable bonds is 5. The highest BCUT2D eigenvalue weighted by Gasteiger charge is 2.48. The van der Waals surface area contributed by atoms with Gasteiger partial charge in [-0.1, -0.05) is 55.0 Å². The van der Waals surface area contributed by atoms with Gasteiger partial charge in [-0.25, -0.2) is 0 Å². The molecule has 2 N–H and O–H groups in total. The third-order valence-corrected chi connectivity index (χ3v) is 6.95. The van der Waals surface area contributed by atoms with Crippen LogP contribution in [0.3, 0.4) is 0 Å². The minimum atomic E-state index is -4.46. The van der Waals surface area contributed by atoms with Crippen molar-refractivity contribution in [3.05, 3.63) is 0 Å². The zero-order valence-corrected chi connectivity index (χ0v) is 13.4. The summed E-state index contributed by atoms with van der Waals surface area (Å²) in [4.78, 5) is 30.6. The van der Waals surface area contributed by atoms with Gasteiger partial charge in [-0.05, 0) is 19.3 Å². The van der Waals surface area contributed by atoms with E-state index in [1.54, 1.807) is 6.92 Å². The van der Waals surface area contributed by atoms with Crippen LogP contribution in [-0.4, -0.2) is 19.6 Å². The van der Waals surface area contributed by atoms with Gasteiger partial charge in [0.2, 0.25) is 0 Å². The summed E-state index contributed by atoms with van der Waals surface area (Å²) in [7, 11) is -4.46. The van der Waals surface area contributed by atoms with Crippen LogP contribution in [0.5, 0.6) is 0 Å². The predicted molar refractivity (Wildman–Crippen MR) is 74.7 cm³/mol. The molecule has 0 amide bonds. The molecule has 0 radical (unpaired) electrons. The molecule has 106 valence electrons. The van der Waals surface area contributed by atoms with Crippen molar-refractivity contribution in [1.29, 1.82) is 0 Å². The molecule has 0 aromatic carbocycles. The van der Waals surface area contributed by atoms with Gasteiger partial charge >= 0.3 is 7.60 Å². The van der Waals surface area contributed by atoms with E-state index in [9.17, 15) is 19.1 Å². The molecule has 1 aliphatic rings. The normalized spacial score (nSPS) is 23.4. The van der Waals surface area contributed by atoms with Gasteiger partial charge in [-0.3, -0.25) is 9.36 Å². The number of hydrogen-bond donors (Lipinski definition) is 2. The Kier molecular flexibility index (Phi) is 5.60. The van der Waals surface area contributed by atoms with Crippen LogP contribution in [0.25, 0.3) is 0 Å². The number of carbonyl (C=O) groups excluding carboxylic acids is 1. The Bertz CT molecular complexity index is 344. The summed E-state index contributed by atoms with van der Waals surface area (Å²) in [6.07, 6.45) is 6.67. The maximum absolute atomic E-state index is 12.1. The molecule has 0 heterocycles. The highest BCUT2D eigenvalue weighted by atomic mass is 79.9. The summed E-state index contributed by atoms with van der Waals surface area (Å²) in [6.45, 7) is 3.04. The molecule has 0 aromatic heterocycles.